The van der Waals surface area contributed by atoms with E-state index in [2.05, 4.69) is 121 Å². The molecule has 1 aliphatic rings. The van der Waals surface area contributed by atoms with Gasteiger partial charge in [0, 0.05) is 33.0 Å². The van der Waals surface area contributed by atoms with Crippen LogP contribution in [0.25, 0.3) is 111 Å². The lowest BCUT2D eigenvalue weighted by Crippen LogP contribution is -2.00. The zero-order valence-electron chi connectivity index (χ0n) is 27.3. The minimum absolute atomic E-state index is 0.606. The summed E-state index contributed by atoms with van der Waals surface area (Å²) >= 11 is 0. The number of hydrogen-bond acceptors (Lipinski definition) is 4. The molecule has 0 bridgehead atoms. The van der Waals surface area contributed by atoms with Crippen molar-refractivity contribution in [1.29, 1.82) is 0 Å². The molecule has 0 aliphatic heterocycles. The first-order valence-corrected chi connectivity index (χ1v) is 17.2. The van der Waals surface area contributed by atoms with Gasteiger partial charge in [0.2, 0.25) is 0 Å². The van der Waals surface area contributed by atoms with Crippen LogP contribution in [0.4, 0.5) is 0 Å². The van der Waals surface area contributed by atoms with E-state index in [4.69, 9.17) is 19.4 Å². The molecule has 4 heteroatoms. The molecule has 8 aromatic carbocycles. The third-order valence-corrected chi connectivity index (χ3v) is 10.3. The molecule has 0 amide bonds. The number of nitrogens with zero attached hydrogens (tertiary/aromatic N) is 3. The number of para-hydroxylation sites is 1. The second-order valence-electron chi connectivity index (χ2n) is 13.2. The van der Waals surface area contributed by atoms with Crippen LogP contribution in [0, 0.1) is 0 Å². The first-order valence-electron chi connectivity index (χ1n) is 17.2. The van der Waals surface area contributed by atoms with E-state index in [9.17, 15) is 0 Å². The number of rotatable bonds is 4. The van der Waals surface area contributed by atoms with Crippen LogP contribution in [0.5, 0.6) is 0 Å². The first-order chi connectivity index (χ1) is 25.3. The highest BCUT2D eigenvalue weighted by molar-refractivity contribution is 6.16. The van der Waals surface area contributed by atoms with E-state index in [1.807, 2.05) is 42.5 Å². The monoisotopic (exact) mass is 649 g/mol. The second-order valence-corrected chi connectivity index (χ2v) is 13.2. The third-order valence-electron chi connectivity index (χ3n) is 10.3. The van der Waals surface area contributed by atoms with Gasteiger partial charge in [0.05, 0.1) is 0 Å². The van der Waals surface area contributed by atoms with E-state index < -0.39 is 0 Å². The van der Waals surface area contributed by atoms with Crippen LogP contribution in [0.1, 0.15) is 0 Å². The quantitative estimate of drug-likeness (QED) is 0.190. The number of furan rings is 1. The number of aromatic nitrogens is 3. The minimum atomic E-state index is 0.606. The van der Waals surface area contributed by atoms with Crippen LogP contribution in [0.15, 0.2) is 168 Å². The second kappa shape index (κ2) is 10.8. The SMILES string of the molecule is c1ccc(-c2nc(-c3ccc4c(c3)-c3cccc5cccc-4c35)nc(-c3cccc4oc5c(-c6ccc7ccccc7c6)cccc5c34)n2)cc1. The van der Waals surface area contributed by atoms with Crippen molar-refractivity contribution in [2.75, 3.05) is 0 Å². The number of benzene rings is 8. The molecule has 0 N–H and O–H groups in total. The van der Waals surface area contributed by atoms with Crippen molar-refractivity contribution in [2.45, 2.75) is 0 Å². The Kier molecular flexibility index (Phi) is 5.92. The first kappa shape index (κ1) is 28.0. The molecule has 0 radical (unpaired) electrons. The van der Waals surface area contributed by atoms with Crippen molar-refractivity contribution < 1.29 is 4.42 Å². The van der Waals surface area contributed by atoms with Gasteiger partial charge in [-0.1, -0.05) is 146 Å². The van der Waals surface area contributed by atoms with E-state index in [-0.39, 0.29) is 0 Å². The molecule has 51 heavy (non-hydrogen) atoms. The summed E-state index contributed by atoms with van der Waals surface area (Å²) in [5, 5.41) is 6.98. The Balaban J connectivity index is 1.12. The molecule has 11 rings (SSSR count). The summed E-state index contributed by atoms with van der Waals surface area (Å²) in [6.07, 6.45) is 0. The summed E-state index contributed by atoms with van der Waals surface area (Å²) < 4.78 is 6.68. The summed E-state index contributed by atoms with van der Waals surface area (Å²) in [4.78, 5) is 15.4. The summed E-state index contributed by atoms with van der Waals surface area (Å²) in [6, 6.07) is 57.4. The van der Waals surface area contributed by atoms with E-state index in [1.54, 1.807) is 0 Å². The predicted octanol–water partition coefficient (Wildman–Crippen LogP) is 12.4. The summed E-state index contributed by atoms with van der Waals surface area (Å²) in [7, 11) is 0. The summed E-state index contributed by atoms with van der Waals surface area (Å²) in [5.74, 6) is 1.86. The molecule has 0 fully saturated rings. The standard InChI is InChI=1S/C47H27N3O/c1-2-11-30(12-3-1)45-48-46(33-24-25-35-36-17-6-14-29-15-7-18-37(42(29)36)40(35)27-33)50-47(49-45)39-20-9-21-41-43(39)38-19-8-16-34(44(38)51-41)32-23-22-28-10-4-5-13-31(28)26-32/h1-27H. The van der Waals surface area contributed by atoms with Crippen molar-refractivity contribution in [3.05, 3.63) is 164 Å². The molecule has 4 nitrogen and oxygen atoms in total. The summed E-state index contributed by atoms with van der Waals surface area (Å²) in [6.45, 7) is 0. The summed E-state index contributed by atoms with van der Waals surface area (Å²) in [5.41, 5.74) is 11.5. The topological polar surface area (TPSA) is 51.8 Å². The highest BCUT2D eigenvalue weighted by Crippen LogP contribution is 2.48. The molecular formula is C47H27N3O. The molecule has 0 atom stereocenters. The fourth-order valence-electron chi connectivity index (χ4n) is 7.89. The average Bonchev–Trinajstić information content (AvgIpc) is 3.75. The Morgan fingerprint density at radius 2 is 0.980 bits per heavy atom. The lowest BCUT2D eigenvalue weighted by molar-refractivity contribution is 0.670. The Morgan fingerprint density at radius 3 is 1.84 bits per heavy atom. The molecule has 0 saturated heterocycles. The third kappa shape index (κ3) is 4.30. The van der Waals surface area contributed by atoms with Gasteiger partial charge < -0.3 is 4.42 Å². The zero-order valence-corrected chi connectivity index (χ0v) is 27.3. The highest BCUT2D eigenvalue weighted by atomic mass is 16.3. The van der Waals surface area contributed by atoms with E-state index in [1.165, 1.54) is 43.8 Å². The average molecular weight is 650 g/mol. The maximum atomic E-state index is 6.68. The Morgan fingerprint density at radius 1 is 0.333 bits per heavy atom. The minimum Gasteiger partial charge on any atom is -0.455 e. The lowest BCUT2D eigenvalue weighted by atomic mass is 9.98. The van der Waals surface area contributed by atoms with Crippen molar-refractivity contribution in [2.24, 2.45) is 0 Å². The molecule has 2 heterocycles. The van der Waals surface area contributed by atoms with Crippen molar-refractivity contribution in [1.82, 2.24) is 15.0 Å². The van der Waals surface area contributed by atoms with Gasteiger partial charge in [0.15, 0.2) is 17.5 Å². The van der Waals surface area contributed by atoms with Crippen LogP contribution >= 0.6 is 0 Å². The van der Waals surface area contributed by atoms with Crippen LogP contribution in [0.3, 0.4) is 0 Å². The van der Waals surface area contributed by atoms with Gasteiger partial charge in [-0.3, -0.25) is 0 Å². The van der Waals surface area contributed by atoms with Crippen molar-refractivity contribution in [3.8, 4) is 67.5 Å². The highest BCUT2D eigenvalue weighted by Gasteiger charge is 2.23. The molecule has 10 aromatic rings. The molecule has 2 aromatic heterocycles. The Bertz CT molecular complexity index is 3030. The van der Waals surface area contributed by atoms with Crippen molar-refractivity contribution in [3.63, 3.8) is 0 Å². The van der Waals surface area contributed by atoms with Gasteiger partial charge in [-0.15, -0.1) is 0 Å². The normalized spacial score (nSPS) is 11.9. The predicted molar refractivity (Wildman–Crippen MR) is 208 cm³/mol. The molecule has 236 valence electrons. The maximum Gasteiger partial charge on any atom is 0.164 e. The van der Waals surface area contributed by atoms with Crippen LogP contribution < -0.4 is 0 Å². The van der Waals surface area contributed by atoms with Gasteiger partial charge in [-0.05, 0) is 67.6 Å². The smallest absolute Gasteiger partial charge is 0.164 e. The number of fused-ring (bicyclic) bond motifs is 7. The van der Waals surface area contributed by atoms with Gasteiger partial charge in [-0.2, -0.15) is 0 Å². The van der Waals surface area contributed by atoms with E-state index >= 15 is 0 Å². The Labute approximate surface area is 293 Å². The van der Waals surface area contributed by atoms with Crippen LogP contribution in [-0.4, -0.2) is 15.0 Å². The lowest BCUT2D eigenvalue weighted by Gasteiger charge is -2.10. The molecular weight excluding hydrogens is 623 g/mol. The van der Waals surface area contributed by atoms with Gasteiger partial charge in [-0.25, -0.2) is 15.0 Å². The van der Waals surface area contributed by atoms with Gasteiger partial charge >= 0.3 is 0 Å². The fourth-order valence-corrected chi connectivity index (χ4v) is 7.89. The maximum absolute atomic E-state index is 6.68. The Hall–Kier alpha value is -6.91. The molecule has 0 saturated carbocycles. The van der Waals surface area contributed by atoms with Crippen molar-refractivity contribution >= 4 is 43.5 Å². The molecule has 0 unspecified atom stereocenters. The number of hydrogen-bond donors (Lipinski definition) is 0. The van der Waals surface area contributed by atoms with E-state index in [0.717, 1.165) is 49.8 Å². The molecule has 1 aliphatic carbocycles. The van der Waals surface area contributed by atoms with Crippen LogP contribution in [-0.2, 0) is 0 Å². The molecule has 0 spiro atoms. The zero-order chi connectivity index (χ0) is 33.5. The largest absolute Gasteiger partial charge is 0.455 e. The fraction of sp³-hybridized carbons (Fsp3) is 0. The van der Waals surface area contributed by atoms with Gasteiger partial charge in [0.25, 0.3) is 0 Å². The van der Waals surface area contributed by atoms with E-state index in [0.29, 0.717) is 17.5 Å². The van der Waals surface area contributed by atoms with Crippen LogP contribution in [0.2, 0.25) is 0 Å². The van der Waals surface area contributed by atoms with Gasteiger partial charge in [0.1, 0.15) is 11.2 Å².